The van der Waals surface area contributed by atoms with Gasteiger partial charge in [-0.3, -0.25) is 4.79 Å². The second kappa shape index (κ2) is 6.44. The number of rotatable bonds is 4. The van der Waals surface area contributed by atoms with Crippen molar-refractivity contribution in [3.63, 3.8) is 0 Å². The van der Waals surface area contributed by atoms with Crippen molar-refractivity contribution in [2.24, 2.45) is 0 Å². The molecule has 2 nitrogen and oxygen atoms in total. The monoisotopic (exact) mass is 332 g/mol. The first kappa shape index (κ1) is 15.1. The zero-order valence-corrected chi connectivity index (χ0v) is 12.3. The smallest absolute Gasteiger partial charge is 0.157 e. The lowest BCUT2D eigenvalue weighted by Gasteiger charge is -2.11. The van der Waals surface area contributed by atoms with Crippen molar-refractivity contribution in [1.29, 1.82) is 0 Å². The van der Waals surface area contributed by atoms with E-state index in [1.165, 1.54) is 30.3 Å². The Morgan fingerprint density at radius 2 is 1.70 bits per heavy atom. The van der Waals surface area contributed by atoms with E-state index in [4.69, 9.17) is 39.5 Å². The molecule has 2 rings (SSSR count). The molecule has 0 aliphatic carbocycles. The van der Waals surface area contributed by atoms with Crippen LogP contribution in [0.2, 0.25) is 15.1 Å². The third-order valence-corrected chi connectivity index (χ3v) is 3.46. The van der Waals surface area contributed by atoms with Gasteiger partial charge in [0.1, 0.15) is 18.7 Å². The first-order valence-corrected chi connectivity index (χ1v) is 6.65. The fourth-order valence-electron chi connectivity index (χ4n) is 1.57. The summed E-state index contributed by atoms with van der Waals surface area (Å²) >= 11 is 17.9. The normalized spacial score (nSPS) is 10.4. The Bertz CT molecular complexity index is 636. The van der Waals surface area contributed by atoms with Gasteiger partial charge in [0, 0.05) is 11.1 Å². The third kappa shape index (κ3) is 3.42. The van der Waals surface area contributed by atoms with E-state index < -0.39 is 5.82 Å². The second-order valence-electron chi connectivity index (χ2n) is 3.96. The lowest BCUT2D eigenvalue weighted by atomic mass is 10.2. The van der Waals surface area contributed by atoms with Crippen LogP contribution in [0, 0.1) is 5.82 Å². The summed E-state index contributed by atoms with van der Waals surface area (Å²) in [5.41, 5.74) is 0.951. The molecule has 0 bridgehead atoms. The van der Waals surface area contributed by atoms with Crippen molar-refractivity contribution in [2.45, 2.75) is 6.61 Å². The van der Waals surface area contributed by atoms with Crippen LogP contribution >= 0.6 is 34.8 Å². The van der Waals surface area contributed by atoms with Gasteiger partial charge in [0.15, 0.2) is 5.75 Å². The zero-order chi connectivity index (χ0) is 14.7. The molecule has 0 N–H and O–H groups in total. The Morgan fingerprint density at radius 1 is 1.05 bits per heavy atom. The summed E-state index contributed by atoms with van der Waals surface area (Å²) in [5, 5.41) is 0.692. The van der Waals surface area contributed by atoms with Crippen molar-refractivity contribution in [3.8, 4) is 5.75 Å². The van der Waals surface area contributed by atoms with E-state index in [0.29, 0.717) is 17.4 Å². The average Bonchev–Trinajstić information content (AvgIpc) is 2.39. The Balaban J connectivity index is 2.21. The molecule has 0 saturated heterocycles. The van der Waals surface area contributed by atoms with Gasteiger partial charge in [-0.25, -0.2) is 4.39 Å². The Labute approximate surface area is 130 Å². The minimum absolute atomic E-state index is 0.0823. The molecule has 0 saturated carbocycles. The molecule has 0 heterocycles. The van der Waals surface area contributed by atoms with E-state index in [1.807, 2.05) is 0 Å². The highest BCUT2D eigenvalue weighted by Crippen LogP contribution is 2.34. The van der Waals surface area contributed by atoms with Crippen LogP contribution in [-0.4, -0.2) is 6.29 Å². The molecular weight excluding hydrogens is 326 g/mol. The maximum absolute atomic E-state index is 12.9. The lowest BCUT2D eigenvalue weighted by Crippen LogP contribution is -1.98. The van der Waals surface area contributed by atoms with Gasteiger partial charge in [-0.05, 0) is 24.3 Å². The van der Waals surface area contributed by atoms with Gasteiger partial charge >= 0.3 is 0 Å². The lowest BCUT2D eigenvalue weighted by molar-refractivity contribution is 0.112. The molecule has 2 aromatic carbocycles. The maximum Gasteiger partial charge on any atom is 0.157 e. The molecule has 0 fully saturated rings. The highest BCUT2D eigenvalue weighted by atomic mass is 35.5. The van der Waals surface area contributed by atoms with Gasteiger partial charge in [0.05, 0.1) is 15.1 Å². The first-order valence-electron chi connectivity index (χ1n) is 5.52. The quantitative estimate of drug-likeness (QED) is 0.721. The van der Waals surface area contributed by atoms with Gasteiger partial charge in [-0.2, -0.15) is 0 Å². The molecule has 0 atom stereocenters. The van der Waals surface area contributed by atoms with Crippen LogP contribution < -0.4 is 4.74 Å². The van der Waals surface area contributed by atoms with Gasteiger partial charge in [-0.1, -0.05) is 40.9 Å². The van der Waals surface area contributed by atoms with Crippen molar-refractivity contribution in [1.82, 2.24) is 0 Å². The first-order chi connectivity index (χ1) is 9.51. The maximum atomic E-state index is 12.9. The Morgan fingerprint density at radius 3 is 2.25 bits per heavy atom. The summed E-state index contributed by atoms with van der Waals surface area (Å²) in [6.45, 7) is 0.0823. The summed E-state index contributed by atoms with van der Waals surface area (Å²) in [6.07, 6.45) is 0.637. The van der Waals surface area contributed by atoms with Gasteiger partial charge in [0.2, 0.25) is 0 Å². The Hall–Kier alpha value is -1.29. The van der Waals surface area contributed by atoms with E-state index in [9.17, 15) is 9.18 Å². The molecule has 0 aliphatic rings. The number of hydrogen-bond acceptors (Lipinski definition) is 2. The van der Waals surface area contributed by atoms with Crippen LogP contribution in [0.4, 0.5) is 4.39 Å². The molecular formula is C14H8Cl3FO2. The molecule has 0 aliphatic heterocycles. The van der Waals surface area contributed by atoms with Gasteiger partial charge in [-0.15, -0.1) is 0 Å². The number of hydrogen-bond donors (Lipinski definition) is 0. The number of ether oxygens (including phenoxy) is 1. The van der Waals surface area contributed by atoms with E-state index in [2.05, 4.69) is 0 Å². The van der Waals surface area contributed by atoms with Crippen LogP contribution in [0.1, 0.15) is 15.9 Å². The van der Waals surface area contributed by atoms with Crippen molar-refractivity contribution in [2.75, 3.05) is 0 Å². The van der Waals surface area contributed by atoms with Crippen LogP contribution in [0.15, 0.2) is 30.3 Å². The van der Waals surface area contributed by atoms with Crippen LogP contribution in [-0.2, 0) is 6.61 Å². The number of carbonyl (C=O) groups excluding carboxylic acids is 1. The largest absolute Gasteiger partial charge is 0.486 e. The van der Waals surface area contributed by atoms with Gasteiger partial charge in [0.25, 0.3) is 0 Å². The predicted molar refractivity (Wildman–Crippen MR) is 77.6 cm³/mol. The van der Waals surface area contributed by atoms with E-state index in [-0.39, 0.29) is 27.4 Å². The molecule has 20 heavy (non-hydrogen) atoms. The fourth-order valence-corrected chi connectivity index (χ4v) is 2.41. The minimum atomic E-state index is -0.426. The number of benzene rings is 2. The fraction of sp³-hybridized carbons (Fsp3) is 0.0714. The average molecular weight is 334 g/mol. The minimum Gasteiger partial charge on any atom is -0.486 e. The summed E-state index contributed by atoms with van der Waals surface area (Å²) in [4.78, 5) is 10.7. The third-order valence-electron chi connectivity index (χ3n) is 2.54. The molecule has 104 valence electrons. The van der Waals surface area contributed by atoms with E-state index in [0.717, 1.165) is 0 Å². The van der Waals surface area contributed by atoms with Gasteiger partial charge < -0.3 is 4.74 Å². The van der Waals surface area contributed by atoms with Crippen molar-refractivity contribution in [3.05, 3.63) is 62.3 Å². The van der Waals surface area contributed by atoms with Crippen molar-refractivity contribution >= 4 is 41.1 Å². The molecule has 0 amide bonds. The molecule has 0 spiro atoms. The summed E-state index contributed by atoms with van der Waals surface area (Å²) in [7, 11) is 0. The summed E-state index contributed by atoms with van der Waals surface area (Å²) < 4.78 is 18.4. The molecule has 2 aromatic rings. The second-order valence-corrected chi connectivity index (χ2v) is 5.18. The van der Waals surface area contributed by atoms with E-state index in [1.54, 1.807) is 0 Å². The molecule has 0 radical (unpaired) electrons. The topological polar surface area (TPSA) is 26.3 Å². The standard InChI is InChI=1S/C14H8Cl3FO2/c15-11-5-10(18)2-1-9(11)7-20-14-12(16)3-8(6-19)4-13(14)17/h1-6H,7H2. The predicted octanol–water partition coefficient (Wildman–Crippen LogP) is 5.18. The van der Waals surface area contributed by atoms with Crippen LogP contribution in [0.3, 0.4) is 0 Å². The number of halogens is 4. The summed E-state index contributed by atoms with van der Waals surface area (Å²) in [6, 6.07) is 6.88. The van der Waals surface area contributed by atoms with E-state index >= 15 is 0 Å². The van der Waals surface area contributed by atoms with Crippen LogP contribution in [0.25, 0.3) is 0 Å². The summed E-state index contributed by atoms with van der Waals surface area (Å²) in [5.74, 6) is -0.176. The SMILES string of the molecule is O=Cc1cc(Cl)c(OCc2ccc(F)cc2Cl)c(Cl)c1. The highest BCUT2D eigenvalue weighted by molar-refractivity contribution is 6.37. The molecule has 0 unspecified atom stereocenters. The Kier molecular flexibility index (Phi) is 4.86. The molecule has 6 heteroatoms. The van der Waals surface area contributed by atoms with Crippen molar-refractivity contribution < 1.29 is 13.9 Å². The molecule has 0 aromatic heterocycles. The van der Waals surface area contributed by atoms with Crippen LogP contribution in [0.5, 0.6) is 5.75 Å². The number of aldehydes is 1. The highest BCUT2D eigenvalue weighted by Gasteiger charge is 2.11. The zero-order valence-electron chi connectivity index (χ0n) is 10.00. The number of carbonyl (C=O) groups is 1.